The van der Waals surface area contributed by atoms with Gasteiger partial charge in [-0.3, -0.25) is 4.72 Å². The van der Waals surface area contributed by atoms with Crippen LogP contribution in [0.25, 0.3) is 0 Å². The van der Waals surface area contributed by atoms with Gasteiger partial charge in [-0.2, -0.15) is 0 Å². The van der Waals surface area contributed by atoms with Crippen molar-refractivity contribution < 1.29 is 8.42 Å². The Bertz CT molecular complexity index is 735. The maximum Gasteiger partial charge on any atom is 0.236 e. The van der Waals surface area contributed by atoms with Crippen LogP contribution in [0, 0.1) is 0 Å². The van der Waals surface area contributed by atoms with E-state index in [1.54, 1.807) is 36.4 Å². The van der Waals surface area contributed by atoms with Crippen molar-refractivity contribution in [1.82, 2.24) is 0 Å². The molecule has 0 heterocycles. The Kier molecular flexibility index (Phi) is 4.57. The molecule has 4 nitrogen and oxygen atoms in total. The molecule has 0 aromatic heterocycles. The molecule has 0 fully saturated rings. The normalized spacial score (nSPS) is 11.3. The van der Waals surface area contributed by atoms with E-state index in [1.807, 2.05) is 0 Å². The molecule has 0 atom stereocenters. The molecule has 0 amide bonds. The number of para-hydroxylation sites is 1. The van der Waals surface area contributed by atoms with Gasteiger partial charge < -0.3 is 5.73 Å². The van der Waals surface area contributed by atoms with Crippen LogP contribution >= 0.6 is 27.5 Å². The van der Waals surface area contributed by atoms with Gasteiger partial charge in [0.1, 0.15) is 0 Å². The molecule has 0 unspecified atom stereocenters. The number of rotatable bonds is 4. The van der Waals surface area contributed by atoms with E-state index in [-0.39, 0.29) is 5.75 Å². The van der Waals surface area contributed by atoms with E-state index in [0.29, 0.717) is 26.4 Å². The van der Waals surface area contributed by atoms with Crippen molar-refractivity contribution in [2.45, 2.75) is 5.75 Å². The molecule has 0 saturated carbocycles. The topological polar surface area (TPSA) is 72.2 Å². The first-order valence-corrected chi connectivity index (χ1v) is 8.48. The van der Waals surface area contributed by atoms with Crippen LogP contribution in [0.2, 0.25) is 5.02 Å². The van der Waals surface area contributed by atoms with Gasteiger partial charge in [0.2, 0.25) is 10.0 Å². The zero-order chi connectivity index (χ0) is 14.8. The van der Waals surface area contributed by atoms with E-state index in [0.717, 1.165) is 0 Å². The quantitative estimate of drug-likeness (QED) is 0.802. The number of benzene rings is 2. The summed E-state index contributed by atoms with van der Waals surface area (Å²) in [5.74, 6) is -0.187. The van der Waals surface area contributed by atoms with E-state index < -0.39 is 10.0 Å². The average molecular weight is 376 g/mol. The van der Waals surface area contributed by atoms with Gasteiger partial charge in [0, 0.05) is 10.2 Å². The third kappa shape index (κ3) is 3.88. The Morgan fingerprint density at radius 2 is 1.90 bits per heavy atom. The summed E-state index contributed by atoms with van der Waals surface area (Å²) in [6.45, 7) is 0. The highest BCUT2D eigenvalue weighted by Crippen LogP contribution is 2.26. The van der Waals surface area contributed by atoms with Gasteiger partial charge in [-0.05, 0) is 45.8 Å². The summed E-state index contributed by atoms with van der Waals surface area (Å²) in [6, 6.07) is 11.7. The Morgan fingerprint density at radius 3 is 2.55 bits per heavy atom. The summed E-state index contributed by atoms with van der Waals surface area (Å²) >= 11 is 9.17. The average Bonchev–Trinajstić information content (AvgIpc) is 2.36. The summed E-state index contributed by atoms with van der Waals surface area (Å²) < 4.78 is 27.4. The van der Waals surface area contributed by atoms with Crippen LogP contribution in [0.5, 0.6) is 0 Å². The molecule has 0 spiro atoms. The summed E-state index contributed by atoms with van der Waals surface area (Å²) in [7, 11) is -3.54. The smallest absolute Gasteiger partial charge is 0.236 e. The lowest BCUT2D eigenvalue weighted by atomic mass is 10.2. The molecular weight excluding hydrogens is 364 g/mol. The predicted molar refractivity (Wildman–Crippen MR) is 86.3 cm³/mol. The Labute approximate surface area is 131 Å². The predicted octanol–water partition coefficient (Wildman–Crippen LogP) is 3.63. The van der Waals surface area contributed by atoms with Crippen molar-refractivity contribution in [2.75, 3.05) is 10.5 Å². The van der Waals surface area contributed by atoms with Crippen LogP contribution in [-0.4, -0.2) is 8.42 Å². The highest BCUT2D eigenvalue weighted by atomic mass is 79.9. The molecule has 0 aliphatic carbocycles. The SMILES string of the molecule is Nc1ccccc1CS(=O)(=O)Nc1ccc(Br)c(Cl)c1. The van der Waals surface area contributed by atoms with Crippen molar-refractivity contribution in [1.29, 1.82) is 0 Å². The fourth-order valence-corrected chi connectivity index (χ4v) is 3.30. The molecular formula is C13H12BrClN2O2S. The van der Waals surface area contributed by atoms with Gasteiger partial charge in [0.15, 0.2) is 0 Å². The van der Waals surface area contributed by atoms with Crippen molar-refractivity contribution in [2.24, 2.45) is 0 Å². The van der Waals surface area contributed by atoms with Crippen LogP contribution in [0.4, 0.5) is 11.4 Å². The number of hydrogen-bond donors (Lipinski definition) is 2. The van der Waals surface area contributed by atoms with Crippen molar-refractivity contribution >= 4 is 48.9 Å². The third-order valence-corrected chi connectivity index (χ3v) is 5.06. The largest absolute Gasteiger partial charge is 0.398 e. The van der Waals surface area contributed by atoms with Gasteiger partial charge in [-0.25, -0.2) is 8.42 Å². The number of nitrogens with one attached hydrogen (secondary N) is 1. The second-order valence-corrected chi connectivity index (χ2v) is 7.17. The number of sulfonamides is 1. The standard InChI is InChI=1S/C13H12BrClN2O2S/c14-11-6-5-10(7-12(11)15)17-20(18,19)8-9-3-1-2-4-13(9)16/h1-7,17H,8,16H2. The van der Waals surface area contributed by atoms with Crippen LogP contribution in [0.3, 0.4) is 0 Å². The first kappa shape index (κ1) is 15.2. The number of halogens is 2. The molecule has 0 bridgehead atoms. The maximum atomic E-state index is 12.1. The minimum Gasteiger partial charge on any atom is -0.398 e. The molecule has 0 aliphatic rings. The number of hydrogen-bond acceptors (Lipinski definition) is 3. The molecule has 2 aromatic carbocycles. The molecule has 7 heteroatoms. The second-order valence-electron chi connectivity index (χ2n) is 4.19. The molecule has 20 heavy (non-hydrogen) atoms. The van der Waals surface area contributed by atoms with Gasteiger partial charge >= 0.3 is 0 Å². The molecule has 2 aromatic rings. The number of nitrogen functional groups attached to an aromatic ring is 1. The fraction of sp³-hybridized carbons (Fsp3) is 0.0769. The summed E-state index contributed by atoms with van der Waals surface area (Å²) in [5.41, 5.74) is 7.16. The molecule has 0 saturated heterocycles. The lowest BCUT2D eigenvalue weighted by Gasteiger charge is -2.10. The Balaban J connectivity index is 2.19. The molecule has 0 aliphatic heterocycles. The number of anilines is 2. The summed E-state index contributed by atoms with van der Waals surface area (Å²) in [6.07, 6.45) is 0. The van der Waals surface area contributed by atoms with E-state index in [2.05, 4.69) is 20.7 Å². The minimum absolute atomic E-state index is 0.187. The van der Waals surface area contributed by atoms with Gasteiger partial charge in [-0.1, -0.05) is 29.8 Å². The summed E-state index contributed by atoms with van der Waals surface area (Å²) in [4.78, 5) is 0. The lowest BCUT2D eigenvalue weighted by Crippen LogP contribution is -2.15. The van der Waals surface area contributed by atoms with Crippen molar-refractivity contribution in [3.63, 3.8) is 0 Å². The number of nitrogens with two attached hydrogens (primary N) is 1. The van der Waals surface area contributed by atoms with Gasteiger partial charge in [0.25, 0.3) is 0 Å². The molecule has 2 rings (SSSR count). The van der Waals surface area contributed by atoms with Crippen LogP contribution in [0.15, 0.2) is 46.9 Å². The van der Waals surface area contributed by atoms with E-state index in [9.17, 15) is 8.42 Å². The molecule has 106 valence electrons. The van der Waals surface area contributed by atoms with E-state index in [4.69, 9.17) is 17.3 Å². The Hall–Kier alpha value is -1.24. The zero-order valence-corrected chi connectivity index (χ0v) is 13.5. The van der Waals surface area contributed by atoms with Crippen LogP contribution in [-0.2, 0) is 15.8 Å². The summed E-state index contributed by atoms with van der Waals surface area (Å²) in [5, 5.41) is 0.435. The zero-order valence-electron chi connectivity index (χ0n) is 10.3. The molecule has 3 N–H and O–H groups in total. The third-order valence-electron chi connectivity index (χ3n) is 2.59. The van der Waals surface area contributed by atoms with Crippen LogP contribution < -0.4 is 10.5 Å². The second kappa shape index (κ2) is 6.03. The van der Waals surface area contributed by atoms with Crippen molar-refractivity contribution in [3.8, 4) is 0 Å². The highest BCUT2D eigenvalue weighted by molar-refractivity contribution is 9.10. The maximum absolute atomic E-state index is 12.1. The minimum atomic E-state index is -3.54. The fourth-order valence-electron chi connectivity index (χ4n) is 1.65. The highest BCUT2D eigenvalue weighted by Gasteiger charge is 2.14. The Morgan fingerprint density at radius 1 is 1.20 bits per heavy atom. The van der Waals surface area contributed by atoms with Gasteiger partial charge in [0.05, 0.1) is 16.5 Å². The van der Waals surface area contributed by atoms with E-state index >= 15 is 0 Å². The lowest BCUT2D eigenvalue weighted by molar-refractivity contribution is 0.600. The molecule has 0 radical (unpaired) electrons. The van der Waals surface area contributed by atoms with Crippen molar-refractivity contribution in [3.05, 3.63) is 57.5 Å². The first-order valence-electron chi connectivity index (χ1n) is 5.66. The van der Waals surface area contributed by atoms with E-state index in [1.165, 1.54) is 6.07 Å². The first-order chi connectivity index (χ1) is 9.37. The van der Waals surface area contributed by atoms with Crippen LogP contribution in [0.1, 0.15) is 5.56 Å². The van der Waals surface area contributed by atoms with Gasteiger partial charge in [-0.15, -0.1) is 0 Å². The monoisotopic (exact) mass is 374 g/mol.